The van der Waals surface area contributed by atoms with Crippen molar-refractivity contribution in [3.63, 3.8) is 0 Å². The van der Waals surface area contributed by atoms with E-state index < -0.39 is 11.9 Å². The van der Waals surface area contributed by atoms with Crippen LogP contribution in [0.5, 0.6) is 0 Å². The largest absolute Gasteiger partial charge is 0.462 e. The van der Waals surface area contributed by atoms with Crippen LogP contribution in [-0.4, -0.2) is 25.2 Å². The first kappa shape index (κ1) is 21.6. The Morgan fingerprint density at radius 2 is 1.36 bits per heavy atom. The molecule has 0 saturated carbocycles. The van der Waals surface area contributed by atoms with E-state index >= 15 is 0 Å². The SMILES string of the molecule is CCCCCCCOC(=O)c1ccccc1C(=O)OCCc1ccccc1F. The van der Waals surface area contributed by atoms with Crippen LogP contribution in [0.4, 0.5) is 4.39 Å². The summed E-state index contributed by atoms with van der Waals surface area (Å²) in [6.45, 7) is 2.51. The van der Waals surface area contributed by atoms with E-state index in [1.165, 1.54) is 18.6 Å². The van der Waals surface area contributed by atoms with Gasteiger partial charge in [0.2, 0.25) is 0 Å². The normalized spacial score (nSPS) is 10.5. The van der Waals surface area contributed by atoms with Crippen molar-refractivity contribution in [2.24, 2.45) is 0 Å². The fourth-order valence-corrected chi connectivity index (χ4v) is 2.82. The van der Waals surface area contributed by atoms with Gasteiger partial charge in [0.05, 0.1) is 24.3 Å². The number of hydrogen-bond acceptors (Lipinski definition) is 4. The maximum atomic E-state index is 13.6. The fraction of sp³-hybridized carbons (Fsp3) is 0.391. The molecule has 0 aliphatic rings. The van der Waals surface area contributed by atoms with Gasteiger partial charge in [0, 0.05) is 6.42 Å². The standard InChI is InChI=1S/C23H27FO4/c1-2-3-4-5-10-16-27-22(25)19-12-7-8-13-20(19)23(26)28-17-15-18-11-6-9-14-21(18)24/h6-9,11-14H,2-5,10,15-17H2,1H3. The van der Waals surface area contributed by atoms with Crippen molar-refractivity contribution in [1.29, 1.82) is 0 Å². The second-order valence-electron chi connectivity index (χ2n) is 6.57. The highest BCUT2D eigenvalue weighted by atomic mass is 19.1. The average molecular weight is 386 g/mol. The summed E-state index contributed by atoms with van der Waals surface area (Å²) in [5.41, 5.74) is 0.824. The lowest BCUT2D eigenvalue weighted by Gasteiger charge is -2.10. The van der Waals surface area contributed by atoms with E-state index in [0.717, 1.165) is 25.7 Å². The third-order valence-electron chi connectivity index (χ3n) is 4.41. The maximum absolute atomic E-state index is 13.6. The molecule has 2 rings (SSSR count). The topological polar surface area (TPSA) is 52.6 Å². The summed E-state index contributed by atoms with van der Waals surface area (Å²) >= 11 is 0. The van der Waals surface area contributed by atoms with Gasteiger partial charge in [-0.15, -0.1) is 0 Å². The van der Waals surface area contributed by atoms with Gasteiger partial charge in [0.1, 0.15) is 5.82 Å². The maximum Gasteiger partial charge on any atom is 0.339 e. The van der Waals surface area contributed by atoms with Gasteiger partial charge in [-0.1, -0.05) is 62.9 Å². The number of hydrogen-bond donors (Lipinski definition) is 0. The van der Waals surface area contributed by atoms with E-state index in [1.807, 2.05) is 0 Å². The fourth-order valence-electron chi connectivity index (χ4n) is 2.82. The molecular weight excluding hydrogens is 359 g/mol. The smallest absolute Gasteiger partial charge is 0.339 e. The first-order chi connectivity index (χ1) is 13.6. The van der Waals surface area contributed by atoms with E-state index in [0.29, 0.717) is 12.2 Å². The van der Waals surface area contributed by atoms with Gasteiger partial charge < -0.3 is 9.47 Å². The summed E-state index contributed by atoms with van der Waals surface area (Å²) < 4.78 is 24.1. The van der Waals surface area contributed by atoms with E-state index in [2.05, 4.69) is 6.92 Å². The van der Waals surface area contributed by atoms with Crippen molar-refractivity contribution in [2.45, 2.75) is 45.4 Å². The molecular formula is C23H27FO4. The molecule has 0 N–H and O–H groups in total. The van der Waals surface area contributed by atoms with Crippen molar-refractivity contribution in [2.75, 3.05) is 13.2 Å². The van der Waals surface area contributed by atoms with Gasteiger partial charge in [-0.25, -0.2) is 14.0 Å². The number of ether oxygens (including phenoxy) is 2. The first-order valence-electron chi connectivity index (χ1n) is 9.80. The molecule has 0 spiro atoms. The van der Waals surface area contributed by atoms with E-state index in [9.17, 15) is 14.0 Å². The quantitative estimate of drug-likeness (QED) is 0.386. The Labute approximate surface area is 165 Å². The minimum atomic E-state index is -0.619. The van der Waals surface area contributed by atoms with Gasteiger partial charge in [-0.2, -0.15) is 0 Å². The predicted octanol–water partition coefficient (Wildman–Crippen LogP) is 5.35. The van der Waals surface area contributed by atoms with Crippen molar-refractivity contribution in [3.05, 3.63) is 71.0 Å². The Morgan fingerprint density at radius 1 is 0.786 bits per heavy atom. The van der Waals surface area contributed by atoms with Crippen LogP contribution in [-0.2, 0) is 15.9 Å². The van der Waals surface area contributed by atoms with Crippen molar-refractivity contribution in [1.82, 2.24) is 0 Å². The number of esters is 2. The van der Waals surface area contributed by atoms with E-state index in [1.54, 1.807) is 36.4 Å². The molecule has 2 aromatic carbocycles. The Hall–Kier alpha value is -2.69. The molecule has 0 aliphatic heterocycles. The van der Waals surface area contributed by atoms with Crippen LogP contribution in [0.25, 0.3) is 0 Å². The Balaban J connectivity index is 1.86. The average Bonchev–Trinajstić information content (AvgIpc) is 2.71. The van der Waals surface area contributed by atoms with Gasteiger partial charge in [0.15, 0.2) is 0 Å². The number of benzene rings is 2. The van der Waals surface area contributed by atoms with Gasteiger partial charge in [-0.05, 0) is 30.2 Å². The zero-order valence-electron chi connectivity index (χ0n) is 16.3. The molecule has 0 bridgehead atoms. The van der Waals surface area contributed by atoms with E-state index in [-0.39, 0.29) is 30.0 Å². The Morgan fingerprint density at radius 3 is 2.00 bits per heavy atom. The number of rotatable bonds is 11. The van der Waals surface area contributed by atoms with Crippen LogP contribution in [0.15, 0.2) is 48.5 Å². The predicted molar refractivity (Wildman–Crippen MR) is 106 cm³/mol. The second kappa shape index (κ2) is 11.9. The van der Waals surface area contributed by atoms with Crippen LogP contribution < -0.4 is 0 Å². The van der Waals surface area contributed by atoms with Crippen molar-refractivity contribution in [3.8, 4) is 0 Å². The van der Waals surface area contributed by atoms with Gasteiger partial charge in [-0.3, -0.25) is 0 Å². The second-order valence-corrected chi connectivity index (χ2v) is 6.57. The van der Waals surface area contributed by atoms with Gasteiger partial charge >= 0.3 is 11.9 Å². The highest BCUT2D eigenvalue weighted by Crippen LogP contribution is 2.14. The Kier molecular flexibility index (Phi) is 9.19. The molecule has 4 nitrogen and oxygen atoms in total. The van der Waals surface area contributed by atoms with Crippen molar-refractivity contribution >= 4 is 11.9 Å². The molecule has 2 aromatic rings. The summed E-state index contributed by atoms with van der Waals surface area (Å²) in [5, 5.41) is 0. The minimum Gasteiger partial charge on any atom is -0.462 e. The summed E-state index contributed by atoms with van der Waals surface area (Å²) in [4.78, 5) is 24.7. The van der Waals surface area contributed by atoms with E-state index in [4.69, 9.17) is 9.47 Å². The number of unbranched alkanes of at least 4 members (excludes halogenated alkanes) is 4. The zero-order valence-corrected chi connectivity index (χ0v) is 16.3. The number of carbonyl (C=O) groups excluding carboxylic acids is 2. The molecule has 0 saturated heterocycles. The first-order valence-corrected chi connectivity index (χ1v) is 9.80. The Bertz CT molecular complexity index is 773. The lowest BCUT2D eigenvalue weighted by Crippen LogP contribution is -2.15. The molecule has 150 valence electrons. The van der Waals surface area contributed by atoms with Crippen LogP contribution in [0.1, 0.15) is 65.3 Å². The minimum absolute atomic E-state index is 0.0284. The lowest BCUT2D eigenvalue weighted by molar-refractivity contribution is 0.0455. The summed E-state index contributed by atoms with van der Waals surface area (Å²) in [6, 6.07) is 12.8. The summed E-state index contributed by atoms with van der Waals surface area (Å²) in [7, 11) is 0. The van der Waals surface area contributed by atoms with Crippen molar-refractivity contribution < 1.29 is 23.5 Å². The number of carbonyl (C=O) groups is 2. The monoisotopic (exact) mass is 386 g/mol. The molecule has 0 amide bonds. The number of halogens is 1. The molecule has 28 heavy (non-hydrogen) atoms. The summed E-state index contributed by atoms with van der Waals surface area (Å²) in [6.07, 6.45) is 5.55. The third-order valence-corrected chi connectivity index (χ3v) is 4.41. The molecule has 0 radical (unpaired) electrons. The highest BCUT2D eigenvalue weighted by molar-refractivity contribution is 6.03. The molecule has 0 atom stereocenters. The van der Waals surface area contributed by atoms with Crippen LogP contribution >= 0.6 is 0 Å². The van der Waals surface area contributed by atoms with Crippen LogP contribution in [0, 0.1) is 5.82 Å². The molecule has 0 aliphatic carbocycles. The lowest BCUT2D eigenvalue weighted by atomic mass is 10.1. The highest BCUT2D eigenvalue weighted by Gasteiger charge is 2.19. The molecule has 0 heterocycles. The third kappa shape index (κ3) is 6.80. The van der Waals surface area contributed by atoms with Crippen LogP contribution in [0.2, 0.25) is 0 Å². The molecule has 0 fully saturated rings. The molecule has 0 aromatic heterocycles. The summed E-state index contributed by atoms with van der Waals surface area (Å²) in [5.74, 6) is -1.48. The van der Waals surface area contributed by atoms with Crippen LogP contribution in [0.3, 0.4) is 0 Å². The molecule has 5 heteroatoms. The van der Waals surface area contributed by atoms with Gasteiger partial charge in [0.25, 0.3) is 0 Å². The zero-order chi connectivity index (χ0) is 20.2. The molecule has 0 unspecified atom stereocenters.